The number of benzene rings is 1. The van der Waals surface area contributed by atoms with Crippen molar-refractivity contribution in [3.05, 3.63) is 66.1 Å². The van der Waals surface area contributed by atoms with Crippen LogP contribution in [0.3, 0.4) is 0 Å². The van der Waals surface area contributed by atoms with Crippen LogP contribution in [-0.4, -0.2) is 29.1 Å². The maximum Gasteiger partial charge on any atom is 0.263 e. The number of hydrogen-bond acceptors (Lipinski definition) is 5. The van der Waals surface area contributed by atoms with Gasteiger partial charge in [0.15, 0.2) is 5.82 Å². The summed E-state index contributed by atoms with van der Waals surface area (Å²) in [5.41, 5.74) is 2.26. The van der Waals surface area contributed by atoms with Crippen molar-refractivity contribution in [2.45, 2.75) is 24.3 Å². The molecule has 27 heavy (non-hydrogen) atoms. The minimum absolute atomic E-state index is 0.0979. The molecule has 2 N–H and O–H groups in total. The van der Waals surface area contributed by atoms with E-state index in [-0.39, 0.29) is 23.0 Å². The zero-order valence-corrected chi connectivity index (χ0v) is 15.1. The Morgan fingerprint density at radius 2 is 2.07 bits per heavy atom. The monoisotopic (exact) mass is 383 g/mol. The molecule has 0 spiro atoms. The Balaban J connectivity index is 1.45. The van der Waals surface area contributed by atoms with Crippen LogP contribution in [0.25, 0.3) is 0 Å². The second-order valence-corrected chi connectivity index (χ2v) is 7.87. The number of aryl methyl sites for hydroxylation is 2. The summed E-state index contributed by atoms with van der Waals surface area (Å²) in [6.07, 6.45) is 4.32. The van der Waals surface area contributed by atoms with Gasteiger partial charge in [-0.2, -0.15) is 5.10 Å². The van der Waals surface area contributed by atoms with Gasteiger partial charge in [0, 0.05) is 42.8 Å². The molecule has 138 valence electrons. The maximum absolute atomic E-state index is 12.6. The van der Waals surface area contributed by atoms with E-state index in [0.29, 0.717) is 24.2 Å². The van der Waals surface area contributed by atoms with Crippen molar-refractivity contribution in [2.75, 3.05) is 10.0 Å². The normalized spacial score (nSPS) is 13.3. The van der Waals surface area contributed by atoms with Crippen molar-refractivity contribution in [3.63, 3.8) is 0 Å². The molecule has 0 fully saturated rings. The van der Waals surface area contributed by atoms with Crippen LogP contribution >= 0.6 is 0 Å². The molecule has 4 rings (SSSR count). The van der Waals surface area contributed by atoms with Crippen molar-refractivity contribution >= 4 is 27.4 Å². The molecule has 0 radical (unpaired) electrons. The van der Waals surface area contributed by atoms with Crippen LogP contribution in [-0.2, 0) is 34.2 Å². The number of anilines is 2. The van der Waals surface area contributed by atoms with Crippen molar-refractivity contribution in [1.82, 2.24) is 14.8 Å². The largest absolute Gasteiger partial charge is 0.326 e. The molecule has 1 amide bonds. The summed E-state index contributed by atoms with van der Waals surface area (Å²) in [5, 5.41) is 6.93. The fraction of sp³-hybridized carbons (Fsp3) is 0.167. The van der Waals surface area contributed by atoms with Gasteiger partial charge in [0.25, 0.3) is 10.0 Å². The summed E-state index contributed by atoms with van der Waals surface area (Å²) in [6, 6.07) is 11.9. The number of rotatable bonds is 6. The Labute approximate surface area is 156 Å². The van der Waals surface area contributed by atoms with E-state index in [2.05, 4.69) is 20.1 Å². The minimum atomic E-state index is -3.78. The van der Waals surface area contributed by atoms with Crippen LogP contribution in [0.4, 0.5) is 11.5 Å². The van der Waals surface area contributed by atoms with Crippen LogP contribution in [0.15, 0.2) is 59.8 Å². The van der Waals surface area contributed by atoms with Crippen molar-refractivity contribution < 1.29 is 13.2 Å². The summed E-state index contributed by atoms with van der Waals surface area (Å²) in [4.78, 5) is 15.8. The maximum atomic E-state index is 12.6. The molecule has 2 aromatic heterocycles. The van der Waals surface area contributed by atoms with E-state index >= 15 is 0 Å². The number of pyridine rings is 1. The van der Waals surface area contributed by atoms with Gasteiger partial charge in [-0.25, -0.2) is 8.42 Å². The van der Waals surface area contributed by atoms with Crippen molar-refractivity contribution in [1.29, 1.82) is 0 Å². The molecule has 3 aromatic rings. The highest BCUT2D eigenvalue weighted by molar-refractivity contribution is 7.92. The molecule has 9 heteroatoms. The first kappa shape index (κ1) is 17.2. The first-order valence-electron chi connectivity index (χ1n) is 8.38. The van der Waals surface area contributed by atoms with Gasteiger partial charge in [0.1, 0.15) is 0 Å². The average Bonchev–Trinajstić information content (AvgIpc) is 3.24. The summed E-state index contributed by atoms with van der Waals surface area (Å²) in [5.74, 6) is 0.102. The molecule has 3 heterocycles. The zero-order valence-electron chi connectivity index (χ0n) is 14.3. The molecular formula is C18H17N5O3S. The number of hydrogen-bond donors (Lipinski definition) is 2. The highest BCUT2D eigenvalue weighted by Crippen LogP contribution is 2.26. The fourth-order valence-corrected chi connectivity index (χ4v) is 3.93. The molecule has 1 aliphatic rings. The Morgan fingerprint density at radius 3 is 2.89 bits per heavy atom. The fourth-order valence-electron chi connectivity index (χ4n) is 2.89. The number of carbonyl (C=O) groups is 1. The molecule has 0 saturated carbocycles. The number of nitrogens with zero attached hydrogens (tertiary/aromatic N) is 3. The molecule has 1 aliphatic heterocycles. The third-order valence-electron chi connectivity index (χ3n) is 4.21. The lowest BCUT2D eigenvalue weighted by Gasteiger charge is -2.07. The second kappa shape index (κ2) is 6.84. The van der Waals surface area contributed by atoms with E-state index in [9.17, 15) is 13.2 Å². The number of nitrogens with one attached hydrogen (secondary N) is 2. The lowest BCUT2D eigenvalue weighted by atomic mass is 10.2. The van der Waals surface area contributed by atoms with Crippen LogP contribution in [0.1, 0.15) is 11.3 Å². The summed E-state index contributed by atoms with van der Waals surface area (Å²) >= 11 is 0. The Hall–Kier alpha value is -3.20. The van der Waals surface area contributed by atoms with E-state index in [0.717, 1.165) is 5.69 Å². The highest BCUT2D eigenvalue weighted by Gasteiger charge is 2.22. The summed E-state index contributed by atoms with van der Waals surface area (Å²) in [7, 11) is -3.78. The van der Waals surface area contributed by atoms with Crippen LogP contribution in [0.2, 0.25) is 0 Å². The van der Waals surface area contributed by atoms with Gasteiger partial charge in [-0.05, 0) is 35.9 Å². The van der Waals surface area contributed by atoms with Gasteiger partial charge in [-0.1, -0.05) is 6.07 Å². The van der Waals surface area contributed by atoms with Gasteiger partial charge in [-0.15, -0.1) is 0 Å². The van der Waals surface area contributed by atoms with Gasteiger partial charge < -0.3 is 5.32 Å². The smallest absolute Gasteiger partial charge is 0.263 e. The van der Waals surface area contributed by atoms with E-state index in [1.54, 1.807) is 29.2 Å². The van der Waals surface area contributed by atoms with E-state index < -0.39 is 10.0 Å². The number of fused-ring (bicyclic) bond motifs is 1. The molecule has 0 atom stereocenters. The second-order valence-electron chi connectivity index (χ2n) is 6.18. The van der Waals surface area contributed by atoms with Crippen molar-refractivity contribution in [3.8, 4) is 0 Å². The third kappa shape index (κ3) is 3.82. The Morgan fingerprint density at radius 1 is 1.19 bits per heavy atom. The van der Waals surface area contributed by atoms with E-state index in [4.69, 9.17) is 0 Å². The average molecular weight is 383 g/mol. The van der Waals surface area contributed by atoms with Crippen LogP contribution in [0, 0.1) is 0 Å². The Bertz CT molecular complexity index is 1090. The molecule has 0 bridgehead atoms. The predicted octanol–water partition coefficient (Wildman–Crippen LogP) is 1.82. The standard InChI is InChI=1S/C18H17N5O3S/c24-18-12-13-11-15(4-5-16(13)20-18)27(25,26)22-17-7-10-23(21-17)9-6-14-3-1-2-8-19-14/h1-5,7-8,10-11H,6,9,12H2,(H,20,24)(H,21,22). The highest BCUT2D eigenvalue weighted by atomic mass is 32.2. The number of sulfonamides is 1. The number of carbonyl (C=O) groups excluding carboxylic acids is 1. The lowest BCUT2D eigenvalue weighted by Crippen LogP contribution is -2.14. The third-order valence-corrected chi connectivity index (χ3v) is 5.57. The lowest BCUT2D eigenvalue weighted by molar-refractivity contribution is -0.115. The van der Waals surface area contributed by atoms with E-state index in [1.807, 2.05) is 18.2 Å². The minimum Gasteiger partial charge on any atom is -0.326 e. The van der Waals surface area contributed by atoms with Gasteiger partial charge in [-0.3, -0.25) is 19.2 Å². The quantitative estimate of drug-likeness (QED) is 0.675. The summed E-state index contributed by atoms with van der Waals surface area (Å²) < 4.78 is 29.3. The Kier molecular flexibility index (Phi) is 4.36. The molecular weight excluding hydrogens is 366 g/mol. The number of amides is 1. The van der Waals surface area contributed by atoms with Crippen LogP contribution in [0.5, 0.6) is 0 Å². The molecule has 0 aliphatic carbocycles. The molecule has 1 aromatic carbocycles. The van der Waals surface area contributed by atoms with Gasteiger partial charge >= 0.3 is 0 Å². The first-order valence-corrected chi connectivity index (χ1v) is 9.87. The van der Waals surface area contributed by atoms with Gasteiger partial charge in [0.2, 0.25) is 5.91 Å². The topological polar surface area (TPSA) is 106 Å². The van der Waals surface area contributed by atoms with Gasteiger partial charge in [0.05, 0.1) is 11.3 Å². The molecule has 0 saturated heterocycles. The molecule has 8 nitrogen and oxygen atoms in total. The molecule has 0 unspecified atom stereocenters. The van der Waals surface area contributed by atoms with Crippen LogP contribution < -0.4 is 10.0 Å². The van der Waals surface area contributed by atoms with Crippen molar-refractivity contribution in [2.24, 2.45) is 0 Å². The SMILES string of the molecule is O=C1Cc2cc(S(=O)(=O)Nc3ccn(CCc4ccccn4)n3)ccc2N1. The number of aromatic nitrogens is 3. The summed E-state index contributed by atoms with van der Waals surface area (Å²) in [6.45, 7) is 0.589. The first-order chi connectivity index (χ1) is 13.0. The zero-order chi connectivity index (χ0) is 18.9. The van der Waals surface area contributed by atoms with E-state index in [1.165, 1.54) is 12.1 Å². The predicted molar refractivity (Wildman–Crippen MR) is 99.8 cm³/mol.